The second-order valence-electron chi connectivity index (χ2n) is 5.82. The molecule has 5 N–H and O–H groups in total. The summed E-state index contributed by atoms with van der Waals surface area (Å²) in [5.41, 5.74) is 6.19. The molecule has 0 radical (unpaired) electrons. The van der Waals surface area contributed by atoms with Crippen molar-refractivity contribution < 1.29 is 9.59 Å². The highest BCUT2D eigenvalue weighted by atomic mass is 16.2. The van der Waals surface area contributed by atoms with E-state index in [-0.39, 0.29) is 11.8 Å². The Morgan fingerprint density at radius 1 is 1.08 bits per heavy atom. The topological polar surface area (TPSA) is 113 Å². The molecule has 25 heavy (non-hydrogen) atoms. The van der Waals surface area contributed by atoms with Gasteiger partial charge in [0.25, 0.3) is 5.91 Å². The zero-order valence-electron chi connectivity index (χ0n) is 14.2. The van der Waals surface area contributed by atoms with Gasteiger partial charge in [-0.05, 0) is 24.9 Å². The molecule has 0 fully saturated rings. The fraction of sp³-hybridized carbons (Fsp3) is 0.389. The highest BCUT2D eigenvalue weighted by Gasteiger charge is 2.22. The van der Waals surface area contributed by atoms with Crippen LogP contribution in [0.4, 0.5) is 5.82 Å². The van der Waals surface area contributed by atoms with Crippen molar-refractivity contribution in [2.45, 2.75) is 38.1 Å². The first-order chi connectivity index (χ1) is 12.2. The largest absolute Gasteiger partial charge is 0.341 e. The van der Waals surface area contributed by atoms with E-state index in [4.69, 9.17) is 5.73 Å². The number of rotatable bonds is 10. The molecule has 0 saturated heterocycles. The summed E-state index contributed by atoms with van der Waals surface area (Å²) in [7, 11) is 0. The number of aromatic nitrogens is 2. The van der Waals surface area contributed by atoms with Crippen molar-refractivity contribution in [2.24, 2.45) is 5.73 Å². The molecule has 0 aliphatic heterocycles. The summed E-state index contributed by atoms with van der Waals surface area (Å²) in [5, 5.41) is 12.0. The van der Waals surface area contributed by atoms with Crippen LogP contribution in [0.2, 0.25) is 0 Å². The Morgan fingerprint density at radius 3 is 2.52 bits per heavy atom. The minimum Gasteiger partial charge on any atom is -0.341 e. The second kappa shape index (κ2) is 10.2. The van der Waals surface area contributed by atoms with Crippen molar-refractivity contribution in [3.8, 4) is 0 Å². The summed E-state index contributed by atoms with van der Waals surface area (Å²) >= 11 is 0. The Labute approximate surface area is 147 Å². The molecular weight excluding hydrogens is 318 g/mol. The maximum absolute atomic E-state index is 12.6. The first-order valence-corrected chi connectivity index (χ1v) is 8.55. The molecule has 2 rings (SSSR count). The maximum Gasteiger partial charge on any atom is 0.252 e. The van der Waals surface area contributed by atoms with Crippen molar-refractivity contribution in [3.63, 3.8) is 0 Å². The quantitative estimate of drug-likeness (QED) is 0.495. The number of hydrogen-bond acceptors (Lipinski definition) is 4. The van der Waals surface area contributed by atoms with Gasteiger partial charge in [-0.3, -0.25) is 14.7 Å². The zero-order chi connectivity index (χ0) is 17.9. The Kier molecular flexibility index (Phi) is 7.65. The van der Waals surface area contributed by atoms with E-state index < -0.39 is 6.04 Å². The Hall–Kier alpha value is -2.67. The molecule has 1 heterocycles. The van der Waals surface area contributed by atoms with E-state index in [9.17, 15) is 9.59 Å². The molecule has 2 amide bonds. The van der Waals surface area contributed by atoms with Crippen LogP contribution in [-0.4, -0.2) is 28.6 Å². The van der Waals surface area contributed by atoms with Crippen LogP contribution in [0.15, 0.2) is 42.6 Å². The third-order valence-electron chi connectivity index (χ3n) is 3.82. The summed E-state index contributed by atoms with van der Waals surface area (Å²) in [5.74, 6) is 0.0373. The molecule has 1 unspecified atom stereocenters. The van der Waals surface area contributed by atoms with E-state index in [0.717, 1.165) is 31.2 Å². The molecule has 7 nitrogen and oxygen atoms in total. The number of amides is 2. The number of nitrogens with zero attached hydrogens (tertiary/aromatic N) is 1. The van der Waals surface area contributed by atoms with Crippen molar-refractivity contribution in [3.05, 3.63) is 48.2 Å². The molecule has 1 aromatic carbocycles. The number of anilines is 1. The highest BCUT2D eigenvalue weighted by molar-refractivity contribution is 5.97. The van der Waals surface area contributed by atoms with Crippen LogP contribution in [0.25, 0.3) is 0 Å². The van der Waals surface area contributed by atoms with Crippen LogP contribution in [0.1, 0.15) is 43.7 Å². The molecule has 1 atom stereocenters. The van der Waals surface area contributed by atoms with Gasteiger partial charge < -0.3 is 16.4 Å². The monoisotopic (exact) mass is 343 g/mol. The molecule has 7 heteroatoms. The lowest BCUT2D eigenvalue weighted by Gasteiger charge is -2.18. The number of nitrogens with one attached hydrogen (secondary N) is 3. The van der Waals surface area contributed by atoms with E-state index in [1.54, 1.807) is 12.3 Å². The smallest absolute Gasteiger partial charge is 0.252 e. The SMILES string of the molecule is NCCCCCCC(=O)NC(C(=O)Nc1ccn[nH]1)c1ccccc1. The number of carbonyl (C=O) groups excluding carboxylic acids is 2. The van der Waals surface area contributed by atoms with Crippen molar-refractivity contribution in [1.82, 2.24) is 15.5 Å². The normalized spacial score (nSPS) is 11.7. The summed E-state index contributed by atoms with van der Waals surface area (Å²) in [6, 6.07) is 10.1. The van der Waals surface area contributed by atoms with Crippen LogP contribution in [0, 0.1) is 0 Å². The predicted molar refractivity (Wildman–Crippen MR) is 96.7 cm³/mol. The van der Waals surface area contributed by atoms with Crippen LogP contribution in [0.3, 0.4) is 0 Å². The first kappa shape index (κ1) is 18.7. The Morgan fingerprint density at radius 2 is 1.84 bits per heavy atom. The minimum absolute atomic E-state index is 0.138. The number of unbranched alkanes of at least 4 members (excludes halogenated alkanes) is 3. The van der Waals surface area contributed by atoms with Gasteiger partial charge in [0.05, 0.1) is 6.20 Å². The van der Waals surface area contributed by atoms with Gasteiger partial charge in [-0.25, -0.2) is 0 Å². The minimum atomic E-state index is -0.749. The summed E-state index contributed by atoms with van der Waals surface area (Å²) in [4.78, 5) is 24.8. The van der Waals surface area contributed by atoms with Gasteiger partial charge in [-0.15, -0.1) is 0 Å². The molecule has 0 aliphatic rings. The van der Waals surface area contributed by atoms with Crippen LogP contribution >= 0.6 is 0 Å². The Balaban J connectivity index is 1.95. The van der Waals surface area contributed by atoms with E-state index in [0.29, 0.717) is 18.8 Å². The second-order valence-corrected chi connectivity index (χ2v) is 5.82. The van der Waals surface area contributed by atoms with E-state index in [2.05, 4.69) is 20.8 Å². The molecule has 134 valence electrons. The van der Waals surface area contributed by atoms with Gasteiger partial charge in [0, 0.05) is 12.5 Å². The molecule has 1 aromatic heterocycles. The molecule has 0 bridgehead atoms. The molecule has 0 spiro atoms. The average Bonchev–Trinajstić information content (AvgIpc) is 3.13. The summed E-state index contributed by atoms with van der Waals surface area (Å²) in [6.45, 7) is 0.677. The van der Waals surface area contributed by atoms with Gasteiger partial charge in [0.15, 0.2) is 0 Å². The van der Waals surface area contributed by atoms with Gasteiger partial charge in [-0.1, -0.05) is 43.2 Å². The average molecular weight is 343 g/mol. The van der Waals surface area contributed by atoms with Gasteiger partial charge in [0.1, 0.15) is 11.9 Å². The number of nitrogens with two attached hydrogens (primary N) is 1. The molecule has 2 aromatic rings. The maximum atomic E-state index is 12.6. The van der Waals surface area contributed by atoms with E-state index >= 15 is 0 Å². The van der Waals surface area contributed by atoms with Crippen molar-refractivity contribution in [2.75, 3.05) is 11.9 Å². The fourth-order valence-electron chi connectivity index (χ4n) is 2.49. The lowest BCUT2D eigenvalue weighted by atomic mass is 10.1. The predicted octanol–water partition coefficient (Wildman–Crippen LogP) is 2.11. The van der Waals surface area contributed by atoms with Gasteiger partial charge in [-0.2, -0.15) is 5.10 Å². The first-order valence-electron chi connectivity index (χ1n) is 8.55. The van der Waals surface area contributed by atoms with Crippen LogP contribution in [0.5, 0.6) is 0 Å². The van der Waals surface area contributed by atoms with Crippen LogP contribution in [-0.2, 0) is 9.59 Å². The third-order valence-corrected chi connectivity index (χ3v) is 3.82. The number of hydrogen-bond donors (Lipinski definition) is 4. The van der Waals surface area contributed by atoms with Crippen molar-refractivity contribution in [1.29, 1.82) is 0 Å². The fourth-order valence-corrected chi connectivity index (χ4v) is 2.49. The van der Waals surface area contributed by atoms with E-state index in [1.807, 2.05) is 30.3 Å². The molecule has 0 saturated carbocycles. The van der Waals surface area contributed by atoms with Gasteiger partial charge in [0.2, 0.25) is 5.91 Å². The third kappa shape index (κ3) is 6.39. The number of aromatic amines is 1. The lowest BCUT2D eigenvalue weighted by molar-refractivity contribution is -0.126. The van der Waals surface area contributed by atoms with E-state index in [1.165, 1.54) is 0 Å². The number of benzene rings is 1. The van der Waals surface area contributed by atoms with Crippen molar-refractivity contribution >= 4 is 17.6 Å². The number of H-pyrrole nitrogens is 1. The van der Waals surface area contributed by atoms with Gasteiger partial charge >= 0.3 is 0 Å². The van der Waals surface area contributed by atoms with Crippen LogP contribution < -0.4 is 16.4 Å². The standard InChI is InChI=1S/C18H25N5O2/c19-12-7-2-1-6-10-16(24)22-17(14-8-4-3-5-9-14)18(25)21-15-11-13-20-23-15/h3-5,8-9,11,13,17H,1-2,6-7,10,12,19H2,(H,22,24)(H2,20,21,23,25). The molecular formula is C18H25N5O2. The zero-order valence-corrected chi connectivity index (χ0v) is 14.2. The summed E-state index contributed by atoms with van der Waals surface area (Å²) < 4.78 is 0. The Bertz CT molecular complexity index is 643. The summed E-state index contributed by atoms with van der Waals surface area (Å²) in [6.07, 6.45) is 5.68. The number of carbonyl (C=O) groups is 2. The molecule has 0 aliphatic carbocycles. The lowest BCUT2D eigenvalue weighted by Crippen LogP contribution is -2.37. The highest BCUT2D eigenvalue weighted by Crippen LogP contribution is 2.16.